The van der Waals surface area contributed by atoms with Gasteiger partial charge in [-0.25, -0.2) is 9.97 Å². The molecule has 0 atom stereocenters. The maximum Gasteiger partial charge on any atom is 0.281 e. The van der Waals surface area contributed by atoms with E-state index >= 15 is 0 Å². The van der Waals surface area contributed by atoms with E-state index in [4.69, 9.17) is 0 Å². The van der Waals surface area contributed by atoms with Crippen molar-refractivity contribution in [3.63, 3.8) is 0 Å². The van der Waals surface area contributed by atoms with E-state index in [1.807, 2.05) is 38.2 Å². The number of aromatic nitrogens is 4. The zero-order valence-corrected chi connectivity index (χ0v) is 11.1. The maximum atomic E-state index is 12.2. The van der Waals surface area contributed by atoms with E-state index in [0.29, 0.717) is 17.0 Å². The van der Waals surface area contributed by atoms with E-state index in [0.717, 1.165) is 5.56 Å². The number of imidazole rings is 1. The van der Waals surface area contributed by atoms with E-state index in [2.05, 4.69) is 9.97 Å². The molecule has 0 saturated heterocycles. The van der Waals surface area contributed by atoms with Gasteiger partial charge in [0, 0.05) is 19.7 Å². The van der Waals surface area contributed by atoms with Gasteiger partial charge < -0.3 is 4.57 Å². The Morgan fingerprint density at radius 2 is 1.79 bits per heavy atom. The fourth-order valence-electron chi connectivity index (χ4n) is 2.10. The first-order valence-corrected chi connectivity index (χ1v) is 6.03. The number of hydrogen-bond donors (Lipinski definition) is 0. The Kier molecular flexibility index (Phi) is 2.48. The number of aryl methyl sites for hydroxylation is 2. The lowest BCUT2D eigenvalue weighted by atomic mass is 10.1. The van der Waals surface area contributed by atoms with E-state index in [-0.39, 0.29) is 5.56 Å². The van der Waals surface area contributed by atoms with Crippen molar-refractivity contribution < 1.29 is 0 Å². The van der Waals surface area contributed by atoms with Crippen LogP contribution in [0.2, 0.25) is 0 Å². The predicted octanol–water partition coefficient (Wildman–Crippen LogP) is 1.64. The SMILES string of the molecule is Cc1ccc(-c2nc3c(ncn3C)c(=O)n2C)cc1. The molecule has 1 aromatic carbocycles. The van der Waals surface area contributed by atoms with Crippen LogP contribution in [0.1, 0.15) is 5.56 Å². The second kappa shape index (κ2) is 4.05. The van der Waals surface area contributed by atoms with Gasteiger partial charge in [-0.1, -0.05) is 29.8 Å². The third-order valence-corrected chi connectivity index (χ3v) is 3.25. The van der Waals surface area contributed by atoms with Crippen LogP contribution in [0.25, 0.3) is 22.6 Å². The molecule has 5 heteroatoms. The van der Waals surface area contributed by atoms with Crippen molar-refractivity contribution in [3.8, 4) is 11.4 Å². The van der Waals surface area contributed by atoms with Gasteiger partial charge in [0.05, 0.1) is 6.33 Å². The zero-order chi connectivity index (χ0) is 13.6. The van der Waals surface area contributed by atoms with Gasteiger partial charge in [-0.05, 0) is 6.92 Å². The second-order valence-corrected chi connectivity index (χ2v) is 4.69. The first-order chi connectivity index (χ1) is 9.08. The fourth-order valence-corrected chi connectivity index (χ4v) is 2.10. The van der Waals surface area contributed by atoms with Crippen molar-refractivity contribution in [1.29, 1.82) is 0 Å². The lowest BCUT2D eigenvalue weighted by Crippen LogP contribution is -2.20. The van der Waals surface area contributed by atoms with Crippen LogP contribution in [0.15, 0.2) is 35.4 Å². The van der Waals surface area contributed by atoms with E-state index in [1.165, 1.54) is 5.56 Å². The van der Waals surface area contributed by atoms with Gasteiger partial charge in [-0.15, -0.1) is 0 Å². The minimum atomic E-state index is -0.124. The molecule has 3 rings (SSSR count). The molecule has 0 fully saturated rings. The van der Waals surface area contributed by atoms with Gasteiger partial charge in [-0.3, -0.25) is 9.36 Å². The average molecular weight is 254 g/mol. The summed E-state index contributed by atoms with van der Waals surface area (Å²) in [5, 5.41) is 0. The Morgan fingerprint density at radius 3 is 2.47 bits per heavy atom. The third-order valence-electron chi connectivity index (χ3n) is 3.25. The van der Waals surface area contributed by atoms with Crippen LogP contribution in [0.3, 0.4) is 0 Å². The highest BCUT2D eigenvalue weighted by molar-refractivity contribution is 5.73. The largest absolute Gasteiger partial charge is 0.318 e. The number of nitrogens with zero attached hydrogens (tertiary/aromatic N) is 4. The van der Waals surface area contributed by atoms with Gasteiger partial charge in [-0.2, -0.15) is 0 Å². The molecule has 19 heavy (non-hydrogen) atoms. The first kappa shape index (κ1) is 11.6. The monoisotopic (exact) mass is 254 g/mol. The molecule has 96 valence electrons. The van der Waals surface area contributed by atoms with E-state index < -0.39 is 0 Å². The molecule has 2 aromatic heterocycles. The molecule has 3 aromatic rings. The van der Waals surface area contributed by atoms with Crippen molar-refractivity contribution in [3.05, 3.63) is 46.5 Å². The standard InChI is InChI=1S/C14H14N4O/c1-9-4-6-10(7-5-9)12-16-13-11(14(19)18(12)3)15-8-17(13)2/h4-8H,1-3H3. The topological polar surface area (TPSA) is 52.7 Å². The van der Waals surface area contributed by atoms with Crippen LogP contribution < -0.4 is 5.56 Å². The van der Waals surface area contributed by atoms with Gasteiger partial charge in [0.1, 0.15) is 5.82 Å². The van der Waals surface area contributed by atoms with Crippen LogP contribution in [-0.4, -0.2) is 19.1 Å². The van der Waals surface area contributed by atoms with Gasteiger partial charge in [0.15, 0.2) is 11.2 Å². The summed E-state index contributed by atoms with van der Waals surface area (Å²) in [5.41, 5.74) is 2.99. The molecule has 0 aliphatic carbocycles. The molecule has 0 unspecified atom stereocenters. The average Bonchev–Trinajstić information content (AvgIpc) is 2.77. The molecular weight excluding hydrogens is 240 g/mol. The van der Waals surface area contributed by atoms with Crippen molar-refractivity contribution in [2.75, 3.05) is 0 Å². The minimum Gasteiger partial charge on any atom is -0.318 e. The summed E-state index contributed by atoms with van der Waals surface area (Å²) in [5.74, 6) is 0.654. The molecule has 2 heterocycles. The van der Waals surface area contributed by atoms with Crippen molar-refractivity contribution in [1.82, 2.24) is 19.1 Å². The summed E-state index contributed by atoms with van der Waals surface area (Å²) < 4.78 is 3.30. The van der Waals surface area contributed by atoms with Crippen LogP contribution in [0.4, 0.5) is 0 Å². The fraction of sp³-hybridized carbons (Fsp3) is 0.214. The summed E-state index contributed by atoms with van der Waals surface area (Å²) in [6, 6.07) is 7.96. The van der Waals surface area contributed by atoms with Gasteiger partial charge in [0.25, 0.3) is 5.56 Å². The summed E-state index contributed by atoms with van der Waals surface area (Å²) in [6.45, 7) is 2.03. The Morgan fingerprint density at radius 1 is 1.11 bits per heavy atom. The van der Waals surface area contributed by atoms with Crippen LogP contribution in [0, 0.1) is 6.92 Å². The Hall–Kier alpha value is -2.43. The van der Waals surface area contributed by atoms with Crippen molar-refractivity contribution >= 4 is 11.2 Å². The van der Waals surface area contributed by atoms with Crippen molar-refractivity contribution in [2.24, 2.45) is 14.1 Å². The summed E-state index contributed by atoms with van der Waals surface area (Å²) in [4.78, 5) is 20.9. The number of rotatable bonds is 1. The molecule has 0 radical (unpaired) electrons. The normalized spacial score (nSPS) is 11.1. The lowest BCUT2D eigenvalue weighted by molar-refractivity contribution is 0.844. The van der Waals surface area contributed by atoms with Crippen LogP contribution in [0.5, 0.6) is 0 Å². The van der Waals surface area contributed by atoms with E-state index in [1.54, 1.807) is 22.5 Å². The molecular formula is C14H14N4O. The minimum absolute atomic E-state index is 0.124. The first-order valence-electron chi connectivity index (χ1n) is 6.03. The zero-order valence-electron chi connectivity index (χ0n) is 11.1. The predicted molar refractivity (Wildman–Crippen MR) is 73.9 cm³/mol. The van der Waals surface area contributed by atoms with E-state index in [9.17, 15) is 4.79 Å². The molecule has 0 saturated carbocycles. The van der Waals surface area contributed by atoms with Crippen LogP contribution >= 0.6 is 0 Å². The highest BCUT2D eigenvalue weighted by Crippen LogP contribution is 2.17. The van der Waals surface area contributed by atoms with Crippen molar-refractivity contribution in [2.45, 2.75) is 6.92 Å². The quantitative estimate of drug-likeness (QED) is 0.663. The number of fused-ring (bicyclic) bond motifs is 1. The second-order valence-electron chi connectivity index (χ2n) is 4.69. The summed E-state index contributed by atoms with van der Waals surface area (Å²) in [7, 11) is 3.55. The summed E-state index contributed by atoms with van der Waals surface area (Å²) in [6.07, 6.45) is 1.61. The Labute approximate surface area is 110 Å². The Balaban J connectivity index is 2.35. The molecule has 0 aliphatic rings. The maximum absolute atomic E-state index is 12.2. The molecule has 0 bridgehead atoms. The Bertz CT molecular complexity index is 812. The number of benzene rings is 1. The van der Waals surface area contributed by atoms with Gasteiger partial charge in [0.2, 0.25) is 0 Å². The van der Waals surface area contributed by atoms with Gasteiger partial charge >= 0.3 is 0 Å². The molecule has 0 amide bonds. The highest BCUT2D eigenvalue weighted by Gasteiger charge is 2.13. The lowest BCUT2D eigenvalue weighted by Gasteiger charge is -2.08. The molecule has 5 nitrogen and oxygen atoms in total. The summed E-state index contributed by atoms with van der Waals surface area (Å²) >= 11 is 0. The third kappa shape index (κ3) is 1.74. The number of hydrogen-bond acceptors (Lipinski definition) is 3. The highest BCUT2D eigenvalue weighted by atomic mass is 16.1. The molecule has 0 aliphatic heterocycles. The molecule has 0 spiro atoms. The molecule has 0 N–H and O–H groups in total. The van der Waals surface area contributed by atoms with Crippen LogP contribution in [-0.2, 0) is 14.1 Å². The smallest absolute Gasteiger partial charge is 0.281 e.